The molecule has 1 aromatic rings. The van der Waals surface area contributed by atoms with Crippen molar-refractivity contribution in [3.8, 4) is 0 Å². The van der Waals surface area contributed by atoms with E-state index in [9.17, 15) is 0 Å². The fourth-order valence-electron chi connectivity index (χ4n) is 2.30. The molecular formula is C12H18N2. The van der Waals surface area contributed by atoms with Gasteiger partial charge in [0, 0.05) is 17.6 Å². The van der Waals surface area contributed by atoms with Crippen LogP contribution in [0.5, 0.6) is 0 Å². The van der Waals surface area contributed by atoms with E-state index in [1.165, 1.54) is 11.3 Å². The summed E-state index contributed by atoms with van der Waals surface area (Å²) in [5.74, 6) is 0. The molecule has 0 bridgehead atoms. The Morgan fingerprint density at radius 2 is 2.07 bits per heavy atom. The Hall–Kier alpha value is -1.02. The van der Waals surface area contributed by atoms with Gasteiger partial charge in [0.15, 0.2) is 0 Å². The van der Waals surface area contributed by atoms with Gasteiger partial charge in [-0.05, 0) is 18.7 Å². The summed E-state index contributed by atoms with van der Waals surface area (Å²) in [6.45, 7) is 6.65. The van der Waals surface area contributed by atoms with E-state index in [2.05, 4.69) is 48.3 Å². The zero-order chi connectivity index (χ0) is 10.2. The van der Waals surface area contributed by atoms with Crippen LogP contribution in [0, 0.1) is 0 Å². The van der Waals surface area contributed by atoms with E-state index in [0.717, 1.165) is 13.2 Å². The molecule has 76 valence electrons. The van der Waals surface area contributed by atoms with Gasteiger partial charge in [-0.3, -0.25) is 0 Å². The highest BCUT2D eigenvalue weighted by atomic mass is 15.2. The predicted octanol–water partition coefficient (Wildman–Crippen LogP) is 1.96. The molecular weight excluding hydrogens is 172 g/mol. The van der Waals surface area contributed by atoms with Crippen molar-refractivity contribution in [1.82, 2.24) is 5.32 Å². The fraction of sp³-hybridized carbons (Fsp3) is 0.500. The van der Waals surface area contributed by atoms with Gasteiger partial charge in [0.25, 0.3) is 0 Å². The largest absolute Gasteiger partial charge is 0.358 e. The van der Waals surface area contributed by atoms with Crippen LogP contribution >= 0.6 is 0 Å². The number of nitrogens with one attached hydrogen (secondary N) is 1. The molecule has 1 heterocycles. The van der Waals surface area contributed by atoms with Crippen LogP contribution in [-0.2, 0) is 5.41 Å². The van der Waals surface area contributed by atoms with E-state index in [1.807, 2.05) is 7.05 Å². The van der Waals surface area contributed by atoms with Crippen LogP contribution in [0.2, 0.25) is 0 Å². The van der Waals surface area contributed by atoms with Gasteiger partial charge < -0.3 is 10.2 Å². The number of benzene rings is 1. The van der Waals surface area contributed by atoms with Gasteiger partial charge in [0.05, 0.1) is 6.67 Å². The summed E-state index contributed by atoms with van der Waals surface area (Å²) in [5.41, 5.74) is 3.13. The van der Waals surface area contributed by atoms with Gasteiger partial charge >= 0.3 is 0 Å². The highest BCUT2D eigenvalue weighted by Crippen LogP contribution is 2.39. The van der Waals surface area contributed by atoms with Crippen LogP contribution < -0.4 is 10.2 Å². The van der Waals surface area contributed by atoms with Gasteiger partial charge in [-0.15, -0.1) is 0 Å². The lowest BCUT2D eigenvalue weighted by atomic mass is 9.87. The smallest absolute Gasteiger partial charge is 0.0680 e. The minimum absolute atomic E-state index is 0.285. The van der Waals surface area contributed by atoms with Crippen LogP contribution in [0.25, 0.3) is 0 Å². The average Bonchev–Trinajstić information content (AvgIpc) is 2.41. The lowest BCUT2D eigenvalue weighted by Gasteiger charge is -2.21. The van der Waals surface area contributed by atoms with Crippen molar-refractivity contribution in [2.24, 2.45) is 0 Å². The first-order valence-electron chi connectivity index (χ1n) is 5.14. The maximum absolute atomic E-state index is 3.21. The number of hydrogen-bond acceptors (Lipinski definition) is 2. The van der Waals surface area contributed by atoms with Gasteiger partial charge in [-0.2, -0.15) is 0 Å². The quantitative estimate of drug-likeness (QED) is 0.767. The number of fused-ring (bicyclic) bond motifs is 1. The van der Waals surface area contributed by atoms with Crippen LogP contribution in [0.1, 0.15) is 19.4 Å². The van der Waals surface area contributed by atoms with Crippen LogP contribution in [0.3, 0.4) is 0 Å². The van der Waals surface area contributed by atoms with Crippen molar-refractivity contribution in [1.29, 1.82) is 0 Å². The van der Waals surface area contributed by atoms with E-state index < -0.39 is 0 Å². The van der Waals surface area contributed by atoms with Gasteiger partial charge in [0.2, 0.25) is 0 Å². The Kier molecular flexibility index (Phi) is 2.23. The molecule has 2 nitrogen and oxygen atoms in total. The third kappa shape index (κ3) is 1.40. The highest BCUT2D eigenvalue weighted by Gasteiger charge is 2.33. The molecule has 1 aliphatic rings. The molecule has 0 saturated carbocycles. The normalized spacial score (nSPS) is 18.4. The Labute approximate surface area is 85.9 Å². The molecule has 2 rings (SSSR count). The Balaban J connectivity index is 2.39. The van der Waals surface area contributed by atoms with Crippen molar-refractivity contribution < 1.29 is 0 Å². The molecule has 0 radical (unpaired) electrons. The SMILES string of the molecule is CNCN1CC(C)(C)c2ccccc21. The lowest BCUT2D eigenvalue weighted by Crippen LogP contribution is -2.34. The van der Waals surface area contributed by atoms with Gasteiger partial charge in [0.1, 0.15) is 0 Å². The molecule has 0 atom stereocenters. The molecule has 0 aliphatic carbocycles. The summed E-state index contributed by atoms with van der Waals surface area (Å²) in [5, 5.41) is 3.21. The Bertz CT molecular complexity index is 331. The fourth-order valence-corrected chi connectivity index (χ4v) is 2.30. The second-order valence-corrected chi connectivity index (χ2v) is 4.61. The summed E-state index contributed by atoms with van der Waals surface area (Å²) in [4.78, 5) is 2.40. The molecule has 0 spiro atoms. The first-order chi connectivity index (χ1) is 6.65. The average molecular weight is 190 g/mol. The minimum Gasteiger partial charge on any atom is -0.358 e. The van der Waals surface area contributed by atoms with E-state index in [1.54, 1.807) is 0 Å². The van der Waals surface area contributed by atoms with E-state index >= 15 is 0 Å². The van der Waals surface area contributed by atoms with Crippen molar-refractivity contribution in [3.63, 3.8) is 0 Å². The van der Waals surface area contributed by atoms with Crippen molar-refractivity contribution in [2.45, 2.75) is 19.3 Å². The second kappa shape index (κ2) is 3.28. The lowest BCUT2D eigenvalue weighted by molar-refractivity contribution is 0.543. The number of para-hydroxylation sites is 1. The Morgan fingerprint density at radius 1 is 1.36 bits per heavy atom. The van der Waals surface area contributed by atoms with Crippen molar-refractivity contribution >= 4 is 5.69 Å². The standard InChI is InChI=1S/C12H18N2/c1-12(2)8-14(9-13-3)11-7-5-4-6-10(11)12/h4-7,13H,8-9H2,1-3H3. The second-order valence-electron chi connectivity index (χ2n) is 4.61. The number of rotatable bonds is 2. The Morgan fingerprint density at radius 3 is 2.79 bits per heavy atom. The number of anilines is 1. The van der Waals surface area contributed by atoms with Crippen LogP contribution in [0.15, 0.2) is 24.3 Å². The maximum atomic E-state index is 3.21. The summed E-state index contributed by atoms with van der Waals surface area (Å²) in [7, 11) is 1.99. The molecule has 0 aromatic heterocycles. The van der Waals surface area contributed by atoms with E-state index in [0.29, 0.717) is 0 Å². The molecule has 0 unspecified atom stereocenters. The topological polar surface area (TPSA) is 15.3 Å². The molecule has 2 heteroatoms. The first kappa shape index (κ1) is 9.53. The number of hydrogen-bond donors (Lipinski definition) is 1. The third-order valence-electron chi connectivity index (χ3n) is 2.91. The van der Waals surface area contributed by atoms with Gasteiger partial charge in [-0.25, -0.2) is 0 Å². The molecule has 0 saturated heterocycles. The summed E-state index contributed by atoms with van der Waals surface area (Å²) in [6, 6.07) is 8.69. The van der Waals surface area contributed by atoms with E-state index in [4.69, 9.17) is 0 Å². The third-order valence-corrected chi connectivity index (χ3v) is 2.91. The molecule has 1 aliphatic heterocycles. The monoisotopic (exact) mass is 190 g/mol. The molecule has 0 fully saturated rings. The summed E-state index contributed by atoms with van der Waals surface area (Å²) >= 11 is 0. The van der Waals surface area contributed by atoms with Crippen molar-refractivity contribution in [2.75, 3.05) is 25.2 Å². The van der Waals surface area contributed by atoms with Crippen LogP contribution in [0.4, 0.5) is 5.69 Å². The predicted molar refractivity (Wildman–Crippen MR) is 60.7 cm³/mol. The molecule has 1 aromatic carbocycles. The molecule has 0 amide bonds. The first-order valence-corrected chi connectivity index (χ1v) is 5.14. The maximum Gasteiger partial charge on any atom is 0.0680 e. The minimum atomic E-state index is 0.285. The van der Waals surface area contributed by atoms with Crippen LogP contribution in [-0.4, -0.2) is 20.3 Å². The van der Waals surface area contributed by atoms with E-state index in [-0.39, 0.29) is 5.41 Å². The zero-order valence-electron chi connectivity index (χ0n) is 9.17. The summed E-state index contributed by atoms with van der Waals surface area (Å²) in [6.07, 6.45) is 0. The zero-order valence-corrected chi connectivity index (χ0v) is 9.17. The highest BCUT2D eigenvalue weighted by molar-refractivity contribution is 5.61. The summed E-state index contributed by atoms with van der Waals surface area (Å²) < 4.78 is 0. The molecule has 14 heavy (non-hydrogen) atoms. The number of nitrogens with zero attached hydrogens (tertiary/aromatic N) is 1. The van der Waals surface area contributed by atoms with Crippen molar-refractivity contribution in [3.05, 3.63) is 29.8 Å². The molecule has 1 N–H and O–H groups in total. The van der Waals surface area contributed by atoms with Gasteiger partial charge in [-0.1, -0.05) is 32.0 Å².